The van der Waals surface area contributed by atoms with E-state index in [0.29, 0.717) is 0 Å². The summed E-state index contributed by atoms with van der Waals surface area (Å²) < 4.78 is 0. The highest BCUT2D eigenvalue weighted by atomic mass is 32.2. The van der Waals surface area contributed by atoms with E-state index in [2.05, 4.69) is 0 Å². The molecule has 12 heavy (non-hydrogen) atoms. The Hall–Kier alpha value is -0.480. The van der Waals surface area contributed by atoms with Gasteiger partial charge in [0.15, 0.2) is 11.5 Å². The second kappa shape index (κ2) is 3.11. The van der Waals surface area contributed by atoms with Gasteiger partial charge in [0.1, 0.15) is 0 Å². The third-order valence-corrected chi connectivity index (χ3v) is 4.14. The van der Waals surface area contributed by atoms with Gasteiger partial charge in [-0.1, -0.05) is 0 Å². The van der Waals surface area contributed by atoms with Crippen molar-refractivity contribution in [3.05, 3.63) is 12.1 Å². The number of phenols is 2. The van der Waals surface area contributed by atoms with Gasteiger partial charge in [0.2, 0.25) is 0 Å². The highest BCUT2D eigenvalue weighted by molar-refractivity contribution is 8.05. The molecule has 2 rings (SSSR count). The molecule has 0 amide bonds. The van der Waals surface area contributed by atoms with Crippen LogP contribution < -0.4 is 0 Å². The molecule has 1 aliphatic heterocycles. The molecular weight excluding hydrogens is 192 g/mol. The number of rotatable bonds is 0. The number of fused-ring (bicyclic) bond motifs is 1. The fourth-order valence-electron chi connectivity index (χ4n) is 1.07. The number of hydrogen-bond donors (Lipinski definition) is 2. The summed E-state index contributed by atoms with van der Waals surface area (Å²) in [7, 11) is 0. The van der Waals surface area contributed by atoms with Gasteiger partial charge in [-0.05, 0) is 12.1 Å². The van der Waals surface area contributed by atoms with Crippen molar-refractivity contribution in [2.24, 2.45) is 0 Å². The topological polar surface area (TPSA) is 40.5 Å². The van der Waals surface area contributed by atoms with Crippen molar-refractivity contribution >= 4 is 23.5 Å². The van der Waals surface area contributed by atoms with Crippen molar-refractivity contribution in [1.29, 1.82) is 0 Å². The van der Waals surface area contributed by atoms with Crippen molar-refractivity contribution in [2.45, 2.75) is 9.79 Å². The summed E-state index contributed by atoms with van der Waals surface area (Å²) in [5, 5.41) is 18.4. The van der Waals surface area contributed by atoms with Crippen LogP contribution in [0.3, 0.4) is 0 Å². The van der Waals surface area contributed by atoms with Gasteiger partial charge in [0.25, 0.3) is 0 Å². The van der Waals surface area contributed by atoms with Crippen LogP contribution in [-0.4, -0.2) is 21.7 Å². The monoisotopic (exact) mass is 200 g/mol. The molecule has 0 fully saturated rings. The number of phenolic OH excluding ortho intramolecular Hbond substituents is 2. The Bertz CT molecular complexity index is 281. The molecule has 0 spiro atoms. The molecule has 0 radical (unpaired) electrons. The fraction of sp³-hybridized carbons (Fsp3) is 0.250. The molecule has 0 unspecified atom stereocenters. The van der Waals surface area contributed by atoms with Crippen LogP contribution in [0.1, 0.15) is 0 Å². The molecule has 0 saturated heterocycles. The van der Waals surface area contributed by atoms with E-state index in [1.807, 2.05) is 0 Å². The molecule has 1 aromatic rings. The smallest absolute Gasteiger partial charge is 0.158 e. The minimum atomic E-state index is -0.0243. The SMILES string of the molecule is Oc1cc2c(cc1O)SCCS2. The van der Waals surface area contributed by atoms with Crippen molar-refractivity contribution < 1.29 is 10.2 Å². The molecule has 0 saturated carbocycles. The van der Waals surface area contributed by atoms with E-state index in [-0.39, 0.29) is 11.5 Å². The average molecular weight is 200 g/mol. The predicted octanol–water partition coefficient (Wildman–Crippen LogP) is 2.30. The van der Waals surface area contributed by atoms with Crippen LogP contribution in [-0.2, 0) is 0 Å². The second-order valence-corrected chi connectivity index (χ2v) is 4.76. The Morgan fingerprint density at radius 2 is 1.33 bits per heavy atom. The molecule has 64 valence electrons. The Morgan fingerprint density at radius 3 is 1.75 bits per heavy atom. The standard InChI is InChI=1S/C8H8O2S2/c9-5-3-7-8(4-6(5)10)12-2-1-11-7/h3-4,9-10H,1-2H2. The van der Waals surface area contributed by atoms with Crippen LogP contribution in [0.5, 0.6) is 11.5 Å². The molecule has 1 heterocycles. The van der Waals surface area contributed by atoms with E-state index in [9.17, 15) is 10.2 Å². The number of benzene rings is 1. The maximum absolute atomic E-state index is 9.20. The van der Waals surface area contributed by atoms with Crippen LogP contribution in [0.4, 0.5) is 0 Å². The maximum atomic E-state index is 9.20. The first kappa shape index (κ1) is 8.13. The zero-order valence-electron chi connectivity index (χ0n) is 6.28. The van der Waals surface area contributed by atoms with Gasteiger partial charge in [-0.15, -0.1) is 23.5 Å². The lowest BCUT2D eigenvalue weighted by molar-refractivity contribution is 0.400. The summed E-state index contributed by atoms with van der Waals surface area (Å²) in [5.74, 6) is 2.09. The van der Waals surface area contributed by atoms with E-state index in [1.54, 1.807) is 35.7 Å². The number of hydrogen-bond acceptors (Lipinski definition) is 4. The van der Waals surface area contributed by atoms with Gasteiger partial charge < -0.3 is 10.2 Å². The number of thioether (sulfide) groups is 2. The van der Waals surface area contributed by atoms with E-state index >= 15 is 0 Å². The molecule has 0 aliphatic carbocycles. The summed E-state index contributed by atoms with van der Waals surface area (Å²) in [6.45, 7) is 0. The fourth-order valence-corrected chi connectivity index (χ4v) is 3.32. The van der Waals surface area contributed by atoms with Gasteiger partial charge in [-0.2, -0.15) is 0 Å². The van der Waals surface area contributed by atoms with Gasteiger partial charge in [-0.3, -0.25) is 0 Å². The normalized spacial score (nSPS) is 15.7. The third kappa shape index (κ3) is 1.36. The molecule has 1 aromatic carbocycles. The Balaban J connectivity index is 2.49. The third-order valence-electron chi connectivity index (χ3n) is 1.64. The van der Waals surface area contributed by atoms with Crippen molar-refractivity contribution in [1.82, 2.24) is 0 Å². The minimum absolute atomic E-state index is 0.0243. The Morgan fingerprint density at radius 1 is 0.917 bits per heavy atom. The lowest BCUT2D eigenvalue weighted by atomic mass is 10.3. The molecule has 4 heteroatoms. The average Bonchev–Trinajstić information content (AvgIpc) is 2.07. The van der Waals surface area contributed by atoms with Gasteiger partial charge in [0, 0.05) is 21.3 Å². The first-order chi connectivity index (χ1) is 5.77. The molecule has 2 N–H and O–H groups in total. The summed E-state index contributed by atoms with van der Waals surface area (Å²) in [4.78, 5) is 2.14. The Labute approximate surface area is 79.0 Å². The lowest BCUT2D eigenvalue weighted by Gasteiger charge is -2.14. The zero-order chi connectivity index (χ0) is 8.55. The van der Waals surface area contributed by atoms with E-state index in [0.717, 1.165) is 21.3 Å². The summed E-state index contributed by atoms with van der Waals surface area (Å²) in [5.41, 5.74) is 0. The summed E-state index contributed by atoms with van der Waals surface area (Å²) >= 11 is 3.44. The molecule has 1 aliphatic rings. The highest BCUT2D eigenvalue weighted by Gasteiger charge is 2.13. The lowest BCUT2D eigenvalue weighted by Crippen LogP contribution is -1.93. The van der Waals surface area contributed by atoms with E-state index in [1.165, 1.54) is 0 Å². The maximum Gasteiger partial charge on any atom is 0.158 e. The van der Waals surface area contributed by atoms with Crippen molar-refractivity contribution in [2.75, 3.05) is 11.5 Å². The van der Waals surface area contributed by atoms with Crippen LogP contribution in [0, 0.1) is 0 Å². The highest BCUT2D eigenvalue weighted by Crippen LogP contribution is 2.42. The van der Waals surface area contributed by atoms with Crippen LogP contribution in [0.25, 0.3) is 0 Å². The molecule has 2 nitrogen and oxygen atoms in total. The molecule has 0 bridgehead atoms. The van der Waals surface area contributed by atoms with Crippen LogP contribution in [0.15, 0.2) is 21.9 Å². The minimum Gasteiger partial charge on any atom is -0.504 e. The summed E-state index contributed by atoms with van der Waals surface area (Å²) in [6, 6.07) is 3.25. The van der Waals surface area contributed by atoms with Crippen molar-refractivity contribution in [3.63, 3.8) is 0 Å². The molecular formula is C8H8O2S2. The molecule has 0 aromatic heterocycles. The molecule has 0 atom stereocenters. The van der Waals surface area contributed by atoms with E-state index < -0.39 is 0 Å². The largest absolute Gasteiger partial charge is 0.504 e. The second-order valence-electron chi connectivity index (χ2n) is 2.48. The van der Waals surface area contributed by atoms with E-state index in [4.69, 9.17) is 0 Å². The quantitative estimate of drug-likeness (QED) is 0.630. The number of aromatic hydroxyl groups is 2. The van der Waals surface area contributed by atoms with Gasteiger partial charge >= 0.3 is 0 Å². The summed E-state index contributed by atoms with van der Waals surface area (Å²) in [6.07, 6.45) is 0. The first-order valence-corrected chi connectivity index (χ1v) is 5.56. The predicted molar refractivity (Wildman–Crippen MR) is 51.2 cm³/mol. The van der Waals surface area contributed by atoms with Gasteiger partial charge in [0.05, 0.1) is 0 Å². The van der Waals surface area contributed by atoms with Gasteiger partial charge in [-0.25, -0.2) is 0 Å². The van der Waals surface area contributed by atoms with Crippen LogP contribution in [0.2, 0.25) is 0 Å². The first-order valence-electron chi connectivity index (χ1n) is 3.59. The van der Waals surface area contributed by atoms with Crippen molar-refractivity contribution in [3.8, 4) is 11.5 Å². The van der Waals surface area contributed by atoms with Crippen LogP contribution >= 0.6 is 23.5 Å². The zero-order valence-corrected chi connectivity index (χ0v) is 7.91. The Kier molecular flexibility index (Phi) is 2.11.